The van der Waals surface area contributed by atoms with E-state index in [1.807, 2.05) is 0 Å². The molecule has 0 saturated heterocycles. The number of anilines is 1. The van der Waals surface area contributed by atoms with Gasteiger partial charge >= 0.3 is 7.75 Å². The van der Waals surface area contributed by atoms with E-state index in [2.05, 4.69) is 5.43 Å². The van der Waals surface area contributed by atoms with Gasteiger partial charge in [-0.15, -0.1) is 5.20 Å². The monoisotopic (exact) mass is 233 g/mol. The minimum atomic E-state index is -4.46. The van der Waals surface area contributed by atoms with E-state index < -0.39 is 12.7 Å². The second kappa shape index (κ2) is 4.37. The van der Waals surface area contributed by atoms with Gasteiger partial charge in [-0.3, -0.25) is 10.1 Å². The van der Waals surface area contributed by atoms with Gasteiger partial charge in [0.2, 0.25) is 0 Å². The predicted octanol–water partition coefficient (Wildman–Crippen LogP) is 0.604. The van der Waals surface area contributed by atoms with E-state index in [1.165, 1.54) is 24.3 Å². The van der Waals surface area contributed by atoms with Crippen molar-refractivity contribution in [3.63, 3.8) is 0 Å². The zero-order valence-electron chi connectivity index (χ0n) is 7.32. The first kappa shape index (κ1) is 11.6. The molecule has 1 rings (SSSR count). The molecule has 0 bridgehead atoms. The van der Waals surface area contributed by atoms with E-state index in [4.69, 9.17) is 9.79 Å². The third-order valence-corrected chi connectivity index (χ3v) is 1.84. The molecule has 0 aliphatic heterocycles. The van der Waals surface area contributed by atoms with Crippen LogP contribution in [0.25, 0.3) is 0 Å². The van der Waals surface area contributed by atoms with E-state index in [0.717, 1.165) is 0 Å². The molecule has 9 heteroatoms. The Morgan fingerprint density at radius 1 is 1.33 bits per heavy atom. The third-order valence-electron chi connectivity index (χ3n) is 1.44. The van der Waals surface area contributed by atoms with Crippen LogP contribution in [0.4, 0.5) is 11.4 Å². The highest BCUT2D eigenvalue weighted by Gasteiger charge is 2.16. The van der Waals surface area contributed by atoms with Crippen LogP contribution in [-0.2, 0) is 4.57 Å². The molecule has 0 saturated carbocycles. The average molecular weight is 233 g/mol. The van der Waals surface area contributed by atoms with Crippen LogP contribution < -0.4 is 10.6 Å². The lowest BCUT2D eigenvalue weighted by molar-refractivity contribution is -0.384. The van der Waals surface area contributed by atoms with Gasteiger partial charge in [0.25, 0.3) is 5.69 Å². The van der Waals surface area contributed by atoms with Crippen molar-refractivity contribution in [2.75, 3.05) is 5.43 Å². The van der Waals surface area contributed by atoms with Gasteiger partial charge in [-0.1, -0.05) is 12.1 Å². The fourth-order valence-electron chi connectivity index (χ4n) is 0.872. The summed E-state index contributed by atoms with van der Waals surface area (Å²) in [5.74, 6) is 0. The number of benzene rings is 1. The Morgan fingerprint density at radius 3 is 2.47 bits per heavy atom. The number of nitrogens with zero attached hydrogens (tertiary/aromatic N) is 1. The Morgan fingerprint density at radius 2 is 1.93 bits per heavy atom. The van der Waals surface area contributed by atoms with Crippen molar-refractivity contribution < 1.29 is 19.3 Å². The Labute approximate surface area is 84.3 Å². The molecule has 0 unspecified atom stereocenters. The van der Waals surface area contributed by atoms with Crippen LogP contribution in [0.2, 0.25) is 0 Å². The number of para-hydroxylation sites is 2. The van der Waals surface area contributed by atoms with Crippen molar-refractivity contribution in [1.82, 2.24) is 5.20 Å². The van der Waals surface area contributed by atoms with E-state index in [-0.39, 0.29) is 11.4 Å². The molecule has 0 spiro atoms. The molecule has 0 radical (unpaired) electrons. The van der Waals surface area contributed by atoms with Crippen LogP contribution in [0.1, 0.15) is 0 Å². The first-order valence-electron chi connectivity index (χ1n) is 3.72. The first-order chi connectivity index (χ1) is 6.90. The van der Waals surface area contributed by atoms with Crippen molar-refractivity contribution in [3.05, 3.63) is 34.4 Å². The minimum Gasteiger partial charge on any atom is -0.311 e. The molecule has 1 aromatic carbocycles. The highest BCUT2D eigenvalue weighted by Crippen LogP contribution is 2.30. The zero-order valence-corrected chi connectivity index (χ0v) is 8.22. The molecule has 0 atom stereocenters. The first-order valence-corrected chi connectivity index (χ1v) is 5.33. The van der Waals surface area contributed by atoms with Gasteiger partial charge in [-0.2, -0.15) is 0 Å². The fraction of sp³-hybridized carbons (Fsp3) is 0. The predicted molar refractivity (Wildman–Crippen MR) is 51.9 cm³/mol. The van der Waals surface area contributed by atoms with Crippen LogP contribution in [0, 0.1) is 10.1 Å². The number of nitrogens with one attached hydrogen (secondary N) is 2. The molecule has 4 N–H and O–H groups in total. The fourth-order valence-corrected chi connectivity index (χ4v) is 1.14. The normalized spacial score (nSPS) is 11.1. The highest BCUT2D eigenvalue weighted by atomic mass is 31.2. The molecule has 0 aliphatic rings. The summed E-state index contributed by atoms with van der Waals surface area (Å²) in [4.78, 5) is 26.8. The largest absolute Gasteiger partial charge is 0.417 e. The summed E-state index contributed by atoms with van der Waals surface area (Å²) in [6.07, 6.45) is 0. The second-order valence-corrected chi connectivity index (χ2v) is 3.87. The van der Waals surface area contributed by atoms with E-state index >= 15 is 0 Å². The lowest BCUT2D eigenvalue weighted by Gasteiger charge is -2.08. The van der Waals surface area contributed by atoms with Crippen molar-refractivity contribution >= 4 is 19.1 Å². The molecular weight excluding hydrogens is 225 g/mol. The average Bonchev–Trinajstić information content (AvgIpc) is 2.14. The summed E-state index contributed by atoms with van der Waals surface area (Å²) in [6, 6.07) is 5.47. The van der Waals surface area contributed by atoms with E-state index in [9.17, 15) is 14.7 Å². The maximum Gasteiger partial charge on any atom is 0.417 e. The standard InChI is InChI=1S/C6H8N3O5P/c10-9(11)6-4-2-1-3-5(6)7-8-15(12,13)14/h1-4,7H,(H3,8,12,13,14). The summed E-state index contributed by atoms with van der Waals surface area (Å²) < 4.78 is 10.4. The zero-order chi connectivity index (χ0) is 11.5. The molecule has 0 heterocycles. The van der Waals surface area contributed by atoms with Crippen molar-refractivity contribution in [1.29, 1.82) is 0 Å². The summed E-state index contributed by atoms with van der Waals surface area (Å²) in [5.41, 5.74) is 1.78. The summed E-state index contributed by atoms with van der Waals surface area (Å²) in [5, 5.41) is 12.1. The van der Waals surface area contributed by atoms with Gasteiger partial charge in [-0.05, 0) is 6.07 Å². The Kier molecular flexibility index (Phi) is 3.38. The van der Waals surface area contributed by atoms with Gasteiger partial charge in [0.1, 0.15) is 5.69 Å². The Hall–Kier alpha value is -1.47. The molecule has 82 valence electrons. The van der Waals surface area contributed by atoms with Crippen molar-refractivity contribution in [2.24, 2.45) is 0 Å². The number of rotatable bonds is 4. The van der Waals surface area contributed by atoms with Gasteiger partial charge in [-0.25, -0.2) is 4.57 Å². The maximum absolute atomic E-state index is 10.5. The highest BCUT2D eigenvalue weighted by molar-refractivity contribution is 7.49. The van der Waals surface area contributed by atoms with E-state index in [1.54, 1.807) is 5.20 Å². The summed E-state index contributed by atoms with van der Waals surface area (Å²) >= 11 is 0. The number of hydrogen-bond donors (Lipinski definition) is 4. The van der Waals surface area contributed by atoms with Gasteiger partial charge in [0.05, 0.1) is 4.92 Å². The molecule has 8 nitrogen and oxygen atoms in total. The molecule has 1 aromatic rings. The van der Waals surface area contributed by atoms with Gasteiger partial charge < -0.3 is 15.2 Å². The van der Waals surface area contributed by atoms with Crippen molar-refractivity contribution in [2.45, 2.75) is 0 Å². The molecule has 0 aromatic heterocycles. The number of nitro benzene ring substituents is 1. The molecular formula is C6H8N3O5P. The van der Waals surface area contributed by atoms with Gasteiger partial charge in [0, 0.05) is 6.07 Å². The van der Waals surface area contributed by atoms with Crippen LogP contribution in [0.5, 0.6) is 0 Å². The van der Waals surface area contributed by atoms with E-state index in [0.29, 0.717) is 0 Å². The van der Waals surface area contributed by atoms with Gasteiger partial charge in [0.15, 0.2) is 0 Å². The molecule has 0 amide bonds. The van der Waals surface area contributed by atoms with Crippen LogP contribution in [0.15, 0.2) is 24.3 Å². The smallest absolute Gasteiger partial charge is 0.311 e. The quantitative estimate of drug-likeness (QED) is 0.341. The topological polar surface area (TPSA) is 125 Å². The lowest BCUT2D eigenvalue weighted by atomic mass is 10.3. The van der Waals surface area contributed by atoms with Crippen molar-refractivity contribution in [3.8, 4) is 0 Å². The SMILES string of the molecule is O=[N+]([O-])c1ccccc1NNP(=O)(O)O. The Bertz CT molecular complexity index is 417. The third kappa shape index (κ3) is 3.64. The summed E-state index contributed by atoms with van der Waals surface area (Å²) in [7, 11) is -4.46. The number of nitro groups is 1. The van der Waals surface area contributed by atoms with Crippen LogP contribution >= 0.6 is 7.75 Å². The second-order valence-electron chi connectivity index (χ2n) is 2.56. The Balaban J connectivity index is 2.85. The molecule has 0 fully saturated rings. The van der Waals surface area contributed by atoms with Crippen LogP contribution in [-0.4, -0.2) is 14.7 Å². The molecule has 0 aliphatic carbocycles. The number of hydrazine groups is 1. The maximum atomic E-state index is 10.5. The lowest BCUT2D eigenvalue weighted by Crippen LogP contribution is -2.18. The minimum absolute atomic E-state index is 0.0224. The summed E-state index contributed by atoms with van der Waals surface area (Å²) in [6.45, 7) is 0. The van der Waals surface area contributed by atoms with Crippen LogP contribution in [0.3, 0.4) is 0 Å². The number of hydrogen-bond acceptors (Lipinski definition) is 4. The molecule has 15 heavy (non-hydrogen) atoms.